The van der Waals surface area contributed by atoms with Crippen LogP contribution in [0, 0.1) is 28.1 Å². The zero-order chi connectivity index (χ0) is 46.0. The maximum absolute atomic E-state index is 11.8. The van der Waals surface area contributed by atoms with Gasteiger partial charge in [0.2, 0.25) is 0 Å². The molecule has 1 aromatic heterocycles. The fraction of sp³-hybridized carbons (Fsp3) is 0.246. The first-order chi connectivity index (χ1) is 30.8. The van der Waals surface area contributed by atoms with E-state index in [0.717, 1.165) is 66.2 Å². The van der Waals surface area contributed by atoms with E-state index in [1.807, 2.05) is 56.5 Å². The average molecular weight is 863 g/mol. The van der Waals surface area contributed by atoms with Gasteiger partial charge in [-0.15, -0.1) is 11.3 Å². The molecule has 0 fully saturated rings. The summed E-state index contributed by atoms with van der Waals surface area (Å²) in [6.07, 6.45) is 15.9. The Morgan fingerprint density at radius 1 is 0.891 bits per heavy atom. The number of amides is 1. The van der Waals surface area contributed by atoms with E-state index in [-0.39, 0.29) is 5.54 Å². The maximum atomic E-state index is 11.8. The quantitative estimate of drug-likeness (QED) is 0.146. The van der Waals surface area contributed by atoms with Gasteiger partial charge in [0.05, 0.1) is 22.9 Å². The van der Waals surface area contributed by atoms with Gasteiger partial charge in [0.1, 0.15) is 10.7 Å². The van der Waals surface area contributed by atoms with Crippen LogP contribution in [0.25, 0.3) is 39.3 Å². The van der Waals surface area contributed by atoms with Gasteiger partial charge >= 0.3 is 6.09 Å². The molecule has 1 heterocycles. The van der Waals surface area contributed by atoms with Gasteiger partial charge in [-0.25, -0.2) is 4.79 Å². The van der Waals surface area contributed by atoms with Crippen LogP contribution in [0.3, 0.4) is 0 Å². The molecule has 0 spiro atoms. The molecule has 1 unspecified atom stereocenters. The molecular formula is C57H58N4O2S. The summed E-state index contributed by atoms with van der Waals surface area (Å²) in [7, 11) is 0. The second kappa shape index (κ2) is 20.5. The van der Waals surface area contributed by atoms with E-state index in [0.29, 0.717) is 42.5 Å². The zero-order valence-electron chi connectivity index (χ0n) is 38.0. The molecule has 1 atom stereocenters. The van der Waals surface area contributed by atoms with E-state index >= 15 is 0 Å². The summed E-state index contributed by atoms with van der Waals surface area (Å²) in [4.78, 5) is 11.8. The number of allylic oxidation sites excluding steroid dienone is 11. The Morgan fingerprint density at radius 2 is 1.58 bits per heavy atom. The summed E-state index contributed by atoms with van der Waals surface area (Å²) in [5.41, 5.74) is 7.59. The molecule has 0 saturated carbocycles. The van der Waals surface area contributed by atoms with Gasteiger partial charge in [-0.05, 0) is 138 Å². The molecule has 4 aromatic carbocycles. The Balaban J connectivity index is 0.00000335. The molecule has 6 nitrogen and oxygen atoms in total. The number of fused-ring (bicyclic) bond motifs is 2. The number of hydrogen-bond donors (Lipinski definition) is 2. The van der Waals surface area contributed by atoms with Crippen LogP contribution < -0.4 is 14.5 Å². The third kappa shape index (κ3) is 10.5. The third-order valence-electron chi connectivity index (χ3n) is 11.9. The minimum absolute atomic E-state index is 0.337. The van der Waals surface area contributed by atoms with E-state index in [1.165, 1.54) is 27.7 Å². The van der Waals surface area contributed by atoms with Crippen molar-refractivity contribution in [1.29, 1.82) is 10.5 Å². The summed E-state index contributed by atoms with van der Waals surface area (Å²) >= 11 is 1.49. The number of aromatic nitrogens is 1. The number of hydrogen-bond acceptors (Lipinski definition) is 4. The molecular weight excluding hydrogens is 805 g/mol. The van der Waals surface area contributed by atoms with Crippen molar-refractivity contribution >= 4 is 62.4 Å². The van der Waals surface area contributed by atoms with E-state index in [1.54, 1.807) is 6.07 Å². The first-order valence-electron chi connectivity index (χ1n) is 22.1. The summed E-state index contributed by atoms with van der Waals surface area (Å²) < 4.78 is 3.76. The molecule has 7 heteroatoms. The highest BCUT2D eigenvalue weighted by atomic mass is 32.1. The molecule has 2 N–H and O–H groups in total. The molecule has 0 bridgehead atoms. The fourth-order valence-corrected chi connectivity index (χ4v) is 9.77. The number of nitriles is 2. The molecule has 0 saturated heterocycles. The van der Waals surface area contributed by atoms with Crippen molar-refractivity contribution in [3.05, 3.63) is 188 Å². The van der Waals surface area contributed by atoms with E-state index in [4.69, 9.17) is 6.58 Å². The minimum atomic E-state index is -1.11. The van der Waals surface area contributed by atoms with Crippen molar-refractivity contribution < 1.29 is 9.90 Å². The molecule has 7 rings (SSSR count). The molecule has 324 valence electrons. The van der Waals surface area contributed by atoms with Gasteiger partial charge in [-0.3, -0.25) is 5.32 Å². The Hall–Kier alpha value is -6.93. The monoisotopic (exact) mass is 862 g/mol. The van der Waals surface area contributed by atoms with E-state index < -0.39 is 11.5 Å². The van der Waals surface area contributed by atoms with Crippen LogP contribution in [0.5, 0.6) is 0 Å². The Labute approximate surface area is 382 Å². The molecule has 0 aliphatic heterocycles. The van der Waals surface area contributed by atoms with Crippen molar-refractivity contribution in [3.63, 3.8) is 0 Å². The van der Waals surface area contributed by atoms with Crippen molar-refractivity contribution in [1.82, 2.24) is 4.57 Å². The standard InChI is InChI=1S/C55H52N4O2S.C2H6/c1-37(46-20-11-12-22-48(46)49-23-13-14-24-51(49)58-53(60)61)55(6,34-39-25-26-40-16-7-8-18-43(40)32-39)30-15-19-41-27-28-44(50(41)36-57)33-45(35-56)52-59(54(3,4)5)31-29-42-17-9-10-21-47(42)38(2)62-52;1-2/h7-10,13-26,29,31-33,58H,1-2,11-12,27-28,30,34H2,3-6H3,(H,60,61);1-2H3/b19-15+,31-29?,44-33+,52-45-;. The highest BCUT2D eigenvalue weighted by Gasteiger charge is 2.32. The fourth-order valence-electron chi connectivity index (χ4n) is 8.59. The van der Waals surface area contributed by atoms with Crippen LogP contribution in [0.4, 0.5) is 10.5 Å². The average Bonchev–Trinajstić information content (AvgIpc) is 3.68. The highest BCUT2D eigenvalue weighted by Crippen LogP contribution is 2.46. The lowest BCUT2D eigenvalue weighted by Gasteiger charge is -2.35. The normalized spacial score (nSPS) is 15.9. The number of nitrogens with zero attached hydrogens (tertiary/aromatic N) is 3. The van der Waals surface area contributed by atoms with Crippen LogP contribution in [0.2, 0.25) is 0 Å². The van der Waals surface area contributed by atoms with Crippen LogP contribution in [-0.2, 0) is 12.0 Å². The second-order valence-corrected chi connectivity index (χ2v) is 18.4. The first kappa shape index (κ1) is 46.6. The van der Waals surface area contributed by atoms with Gasteiger partial charge in [0.15, 0.2) is 0 Å². The number of para-hydroxylation sites is 1. The van der Waals surface area contributed by atoms with Crippen molar-refractivity contribution in [2.45, 2.75) is 85.6 Å². The van der Waals surface area contributed by atoms with Gasteiger partial charge in [-0.1, -0.05) is 143 Å². The smallest absolute Gasteiger partial charge is 0.409 e. The summed E-state index contributed by atoms with van der Waals surface area (Å²) in [6.45, 7) is 21.8. The Bertz CT molecular complexity index is 3040. The van der Waals surface area contributed by atoms with Gasteiger partial charge in [0, 0.05) is 21.8 Å². The van der Waals surface area contributed by atoms with Crippen LogP contribution in [0.1, 0.15) is 84.8 Å². The number of nitrogens with one attached hydrogen (secondary N) is 1. The highest BCUT2D eigenvalue weighted by molar-refractivity contribution is 7.07. The maximum Gasteiger partial charge on any atom is 0.409 e. The summed E-state index contributed by atoms with van der Waals surface area (Å²) in [5, 5.41) is 38.1. The number of rotatable bonds is 10. The van der Waals surface area contributed by atoms with Gasteiger partial charge in [-0.2, -0.15) is 10.5 Å². The van der Waals surface area contributed by atoms with Gasteiger partial charge in [0.25, 0.3) is 0 Å². The predicted octanol–water partition coefficient (Wildman–Crippen LogP) is 14.0. The Kier molecular flexibility index (Phi) is 14.9. The van der Waals surface area contributed by atoms with E-state index in [9.17, 15) is 20.4 Å². The third-order valence-corrected chi connectivity index (χ3v) is 13.0. The topological polar surface area (TPSA) is 102 Å². The lowest BCUT2D eigenvalue weighted by molar-refractivity contribution is 0.209. The SMILES string of the molecule is C=C(C1=CCCC=C1c1ccccc1NC(=O)O)C(C)(C/C=C/C1=C(C#N)C(=C/C(C#N)=c2/sc(=C)c3ccccc3ccn2C(C)(C)C)/CC1)Cc1ccc2ccccc2c1.CC. The lowest BCUT2D eigenvalue weighted by Crippen LogP contribution is -2.33. The number of carbonyl (C=O) groups is 1. The molecule has 64 heavy (non-hydrogen) atoms. The number of carboxylic acid groups (broad SMARTS) is 1. The lowest BCUT2D eigenvalue weighted by atomic mass is 9.69. The van der Waals surface area contributed by atoms with Gasteiger partial charge < -0.3 is 9.67 Å². The second-order valence-electron chi connectivity index (χ2n) is 17.3. The minimum Gasteiger partial charge on any atom is -0.465 e. The molecule has 0 radical (unpaired) electrons. The van der Waals surface area contributed by atoms with Crippen LogP contribution in [0.15, 0.2) is 168 Å². The van der Waals surface area contributed by atoms with Crippen LogP contribution in [-0.4, -0.2) is 15.8 Å². The van der Waals surface area contributed by atoms with Crippen molar-refractivity contribution in [2.75, 3.05) is 5.32 Å². The zero-order valence-corrected chi connectivity index (χ0v) is 38.8. The largest absolute Gasteiger partial charge is 0.465 e. The Morgan fingerprint density at radius 3 is 2.30 bits per heavy atom. The van der Waals surface area contributed by atoms with Crippen molar-refractivity contribution in [3.8, 4) is 12.1 Å². The molecule has 1 amide bonds. The number of benzene rings is 4. The first-order valence-corrected chi connectivity index (χ1v) is 22.9. The van der Waals surface area contributed by atoms with Crippen molar-refractivity contribution in [2.24, 2.45) is 5.41 Å². The molecule has 2 aliphatic rings. The predicted molar refractivity (Wildman–Crippen MR) is 270 cm³/mol. The summed E-state index contributed by atoms with van der Waals surface area (Å²) in [6, 6.07) is 37.7. The van der Waals surface area contributed by atoms with Crippen LogP contribution >= 0.6 is 11.3 Å². The molecule has 2 aliphatic carbocycles. The molecule has 5 aromatic rings. The van der Waals surface area contributed by atoms with E-state index in [2.05, 4.69) is 141 Å². The summed E-state index contributed by atoms with van der Waals surface area (Å²) in [5.74, 6) is 0. The number of anilines is 1.